The number of hydrogen-bond donors (Lipinski definition) is 1. The van der Waals surface area contributed by atoms with Crippen LogP contribution in [0, 0.1) is 0 Å². The van der Waals surface area contributed by atoms with Crippen LogP contribution in [0.25, 0.3) is 0 Å². The van der Waals surface area contributed by atoms with E-state index in [2.05, 4.69) is 16.5 Å². The van der Waals surface area contributed by atoms with Gasteiger partial charge < -0.3 is 10.6 Å². The van der Waals surface area contributed by atoms with Crippen LogP contribution >= 0.6 is 0 Å². The highest BCUT2D eigenvalue weighted by atomic mass is 15.1. The molecule has 1 heterocycles. The molecule has 0 saturated carbocycles. The van der Waals surface area contributed by atoms with Gasteiger partial charge in [0.2, 0.25) is 0 Å². The number of anilines is 1. The molecule has 15 heavy (non-hydrogen) atoms. The molecule has 0 aromatic carbocycles. The van der Waals surface area contributed by atoms with Crippen molar-refractivity contribution in [2.24, 2.45) is 5.73 Å². The van der Waals surface area contributed by atoms with Gasteiger partial charge >= 0.3 is 0 Å². The SMILES string of the molecule is C=C(C)CN(C)c1ccc([C@H](C)N)nc1. The number of pyridine rings is 1. The fourth-order valence-corrected chi connectivity index (χ4v) is 1.39. The van der Waals surface area contributed by atoms with Gasteiger partial charge in [-0.05, 0) is 26.0 Å². The van der Waals surface area contributed by atoms with Crippen molar-refractivity contribution in [1.82, 2.24) is 4.98 Å². The summed E-state index contributed by atoms with van der Waals surface area (Å²) >= 11 is 0. The van der Waals surface area contributed by atoms with E-state index in [1.165, 1.54) is 0 Å². The van der Waals surface area contributed by atoms with Crippen molar-refractivity contribution in [2.45, 2.75) is 19.9 Å². The van der Waals surface area contributed by atoms with Gasteiger partial charge in [0.15, 0.2) is 0 Å². The van der Waals surface area contributed by atoms with Crippen molar-refractivity contribution < 1.29 is 0 Å². The molecule has 1 rings (SSSR count). The maximum absolute atomic E-state index is 5.73. The molecule has 1 atom stereocenters. The van der Waals surface area contributed by atoms with E-state index in [1.807, 2.05) is 39.2 Å². The zero-order valence-corrected chi connectivity index (χ0v) is 9.70. The first-order valence-corrected chi connectivity index (χ1v) is 5.07. The largest absolute Gasteiger partial charge is 0.369 e. The van der Waals surface area contributed by atoms with Gasteiger partial charge in [0.05, 0.1) is 17.6 Å². The molecule has 0 aliphatic carbocycles. The first kappa shape index (κ1) is 11.7. The normalized spacial score (nSPS) is 12.3. The highest BCUT2D eigenvalue weighted by Gasteiger charge is 2.03. The Morgan fingerprint density at radius 1 is 1.60 bits per heavy atom. The Morgan fingerprint density at radius 2 is 2.27 bits per heavy atom. The molecular weight excluding hydrogens is 186 g/mol. The number of likely N-dealkylation sites (N-methyl/N-ethyl adjacent to an activating group) is 1. The van der Waals surface area contributed by atoms with Gasteiger partial charge in [-0.25, -0.2) is 0 Å². The van der Waals surface area contributed by atoms with Crippen molar-refractivity contribution in [1.29, 1.82) is 0 Å². The molecule has 0 fully saturated rings. The third-order valence-electron chi connectivity index (χ3n) is 2.19. The van der Waals surface area contributed by atoms with Crippen LogP contribution in [-0.2, 0) is 0 Å². The maximum Gasteiger partial charge on any atom is 0.0569 e. The lowest BCUT2D eigenvalue weighted by atomic mass is 10.2. The summed E-state index contributed by atoms with van der Waals surface area (Å²) < 4.78 is 0. The second-order valence-corrected chi connectivity index (χ2v) is 4.04. The molecule has 0 radical (unpaired) electrons. The second kappa shape index (κ2) is 4.94. The standard InChI is InChI=1S/C12H19N3/c1-9(2)8-15(4)11-5-6-12(10(3)13)14-7-11/h5-7,10H,1,8,13H2,2-4H3/t10-/m0/s1. The summed E-state index contributed by atoms with van der Waals surface area (Å²) in [4.78, 5) is 6.42. The number of nitrogens with two attached hydrogens (primary N) is 1. The van der Waals surface area contributed by atoms with Gasteiger partial charge in [-0.3, -0.25) is 4.98 Å². The molecule has 0 spiro atoms. The van der Waals surface area contributed by atoms with Crippen LogP contribution in [-0.4, -0.2) is 18.6 Å². The molecule has 1 aromatic rings. The Morgan fingerprint density at radius 3 is 2.67 bits per heavy atom. The minimum atomic E-state index is -0.00880. The lowest BCUT2D eigenvalue weighted by Gasteiger charge is -2.19. The van der Waals surface area contributed by atoms with Crippen LogP contribution < -0.4 is 10.6 Å². The summed E-state index contributed by atoms with van der Waals surface area (Å²) in [7, 11) is 2.03. The zero-order chi connectivity index (χ0) is 11.4. The fourth-order valence-electron chi connectivity index (χ4n) is 1.39. The van der Waals surface area contributed by atoms with E-state index in [1.54, 1.807) is 0 Å². The Kier molecular flexibility index (Phi) is 3.86. The van der Waals surface area contributed by atoms with Crippen molar-refractivity contribution >= 4 is 5.69 Å². The van der Waals surface area contributed by atoms with Crippen LogP contribution in [0.5, 0.6) is 0 Å². The van der Waals surface area contributed by atoms with Crippen molar-refractivity contribution in [3.05, 3.63) is 36.2 Å². The topological polar surface area (TPSA) is 42.1 Å². The Labute approximate surface area is 91.6 Å². The molecule has 82 valence electrons. The maximum atomic E-state index is 5.73. The molecule has 0 aliphatic rings. The van der Waals surface area contributed by atoms with E-state index in [0.717, 1.165) is 23.5 Å². The van der Waals surface area contributed by atoms with Gasteiger partial charge in [-0.2, -0.15) is 0 Å². The molecule has 0 saturated heterocycles. The van der Waals surface area contributed by atoms with E-state index in [-0.39, 0.29) is 6.04 Å². The number of nitrogens with zero attached hydrogens (tertiary/aromatic N) is 2. The summed E-state index contributed by atoms with van der Waals surface area (Å²) in [5, 5.41) is 0. The molecule has 3 nitrogen and oxygen atoms in total. The molecule has 0 amide bonds. The van der Waals surface area contributed by atoms with Crippen LogP contribution in [0.15, 0.2) is 30.5 Å². The van der Waals surface area contributed by atoms with E-state index in [0.29, 0.717) is 0 Å². The van der Waals surface area contributed by atoms with E-state index in [4.69, 9.17) is 5.73 Å². The fraction of sp³-hybridized carbons (Fsp3) is 0.417. The molecule has 3 heteroatoms. The van der Waals surface area contributed by atoms with Crippen LogP contribution in [0.1, 0.15) is 25.6 Å². The summed E-state index contributed by atoms with van der Waals surface area (Å²) in [6.45, 7) is 8.68. The molecular formula is C12H19N3. The number of rotatable bonds is 4. The van der Waals surface area contributed by atoms with Gasteiger partial charge in [0.25, 0.3) is 0 Å². The molecule has 0 unspecified atom stereocenters. The molecule has 1 aromatic heterocycles. The minimum Gasteiger partial charge on any atom is -0.369 e. The molecule has 0 aliphatic heterocycles. The Balaban J connectivity index is 2.75. The molecule has 0 bridgehead atoms. The smallest absolute Gasteiger partial charge is 0.0569 e. The summed E-state index contributed by atoms with van der Waals surface area (Å²) in [5.41, 5.74) is 8.87. The van der Waals surface area contributed by atoms with E-state index >= 15 is 0 Å². The third kappa shape index (κ3) is 3.36. The predicted octanol–water partition coefficient (Wildman–Crippen LogP) is 2.11. The lowest BCUT2D eigenvalue weighted by molar-refractivity contribution is 0.780. The van der Waals surface area contributed by atoms with Gasteiger partial charge in [0, 0.05) is 19.6 Å². The Bertz CT molecular complexity index is 327. The molecule has 2 N–H and O–H groups in total. The predicted molar refractivity (Wildman–Crippen MR) is 64.9 cm³/mol. The van der Waals surface area contributed by atoms with Crippen molar-refractivity contribution in [3.63, 3.8) is 0 Å². The van der Waals surface area contributed by atoms with Crippen LogP contribution in [0.2, 0.25) is 0 Å². The highest BCUT2D eigenvalue weighted by molar-refractivity contribution is 5.45. The van der Waals surface area contributed by atoms with Crippen LogP contribution in [0.4, 0.5) is 5.69 Å². The Hall–Kier alpha value is -1.35. The summed E-state index contributed by atoms with van der Waals surface area (Å²) in [5.74, 6) is 0. The number of aromatic nitrogens is 1. The first-order valence-electron chi connectivity index (χ1n) is 5.07. The quantitative estimate of drug-likeness (QED) is 0.765. The third-order valence-corrected chi connectivity index (χ3v) is 2.19. The number of hydrogen-bond acceptors (Lipinski definition) is 3. The summed E-state index contributed by atoms with van der Waals surface area (Å²) in [6.07, 6.45) is 1.85. The average Bonchev–Trinajstić information content (AvgIpc) is 2.17. The zero-order valence-electron chi connectivity index (χ0n) is 9.70. The average molecular weight is 205 g/mol. The highest BCUT2D eigenvalue weighted by Crippen LogP contribution is 2.14. The summed E-state index contributed by atoms with van der Waals surface area (Å²) in [6, 6.07) is 3.99. The van der Waals surface area contributed by atoms with Gasteiger partial charge in [0.1, 0.15) is 0 Å². The monoisotopic (exact) mass is 205 g/mol. The van der Waals surface area contributed by atoms with Gasteiger partial charge in [-0.15, -0.1) is 0 Å². The van der Waals surface area contributed by atoms with E-state index < -0.39 is 0 Å². The van der Waals surface area contributed by atoms with E-state index in [9.17, 15) is 0 Å². The van der Waals surface area contributed by atoms with Gasteiger partial charge in [-0.1, -0.05) is 12.2 Å². The van der Waals surface area contributed by atoms with Crippen molar-refractivity contribution in [3.8, 4) is 0 Å². The van der Waals surface area contributed by atoms with Crippen LogP contribution in [0.3, 0.4) is 0 Å². The first-order chi connectivity index (χ1) is 7.00. The lowest BCUT2D eigenvalue weighted by Crippen LogP contribution is -2.19. The second-order valence-electron chi connectivity index (χ2n) is 4.04. The van der Waals surface area contributed by atoms with Crippen molar-refractivity contribution in [2.75, 3.05) is 18.5 Å². The minimum absolute atomic E-state index is 0.00880.